The summed E-state index contributed by atoms with van der Waals surface area (Å²) in [7, 11) is 0. The third-order valence-electron chi connectivity index (χ3n) is 4.04. The molecule has 1 aliphatic heterocycles. The molecule has 0 radical (unpaired) electrons. The molecule has 1 fully saturated rings. The van der Waals surface area contributed by atoms with E-state index in [1.807, 2.05) is 0 Å². The predicted molar refractivity (Wildman–Crippen MR) is 87.4 cm³/mol. The van der Waals surface area contributed by atoms with Crippen LogP contribution in [0.15, 0.2) is 18.2 Å². The van der Waals surface area contributed by atoms with Gasteiger partial charge in [-0.1, -0.05) is 12.1 Å². The average Bonchev–Trinajstić information content (AvgIpc) is 2.47. The van der Waals surface area contributed by atoms with Crippen LogP contribution >= 0.6 is 12.4 Å². The van der Waals surface area contributed by atoms with E-state index in [0.29, 0.717) is 31.1 Å². The number of rotatable bonds is 4. The van der Waals surface area contributed by atoms with Gasteiger partial charge in [0.25, 0.3) is 11.6 Å². The van der Waals surface area contributed by atoms with Gasteiger partial charge in [0, 0.05) is 19.2 Å². The summed E-state index contributed by atoms with van der Waals surface area (Å²) >= 11 is 0. The molecule has 6 nitrogen and oxygen atoms in total. The summed E-state index contributed by atoms with van der Waals surface area (Å²) in [6.07, 6.45) is 2.88. The zero-order chi connectivity index (χ0) is 15.4. The van der Waals surface area contributed by atoms with E-state index in [1.165, 1.54) is 6.07 Å². The summed E-state index contributed by atoms with van der Waals surface area (Å²) < 4.78 is 0. The number of nitro groups is 1. The van der Waals surface area contributed by atoms with Crippen LogP contribution in [-0.4, -0.2) is 35.4 Å². The van der Waals surface area contributed by atoms with Crippen molar-refractivity contribution in [2.24, 2.45) is 11.7 Å². The Morgan fingerprint density at radius 2 is 2.23 bits per heavy atom. The number of carbonyl (C=O) groups excluding carboxylic acids is 1. The molecule has 2 N–H and O–H groups in total. The maximum absolute atomic E-state index is 12.7. The summed E-state index contributed by atoms with van der Waals surface area (Å²) in [6.45, 7) is 3.64. The van der Waals surface area contributed by atoms with Gasteiger partial charge in [0.1, 0.15) is 5.56 Å². The van der Waals surface area contributed by atoms with Crippen LogP contribution in [0.2, 0.25) is 0 Å². The highest BCUT2D eigenvalue weighted by atomic mass is 35.5. The molecule has 122 valence electrons. The second-order valence-electron chi connectivity index (χ2n) is 5.56. The summed E-state index contributed by atoms with van der Waals surface area (Å²) in [4.78, 5) is 25.1. The largest absolute Gasteiger partial charge is 0.338 e. The van der Waals surface area contributed by atoms with Crippen molar-refractivity contribution in [3.8, 4) is 0 Å². The monoisotopic (exact) mass is 327 g/mol. The third-order valence-corrected chi connectivity index (χ3v) is 4.04. The van der Waals surface area contributed by atoms with Crippen LogP contribution in [-0.2, 0) is 0 Å². The SMILES string of the molecule is Cc1cccc([N+](=O)[O-])c1C(=O)N1CCCC(CCN)C1.Cl. The number of hydrogen-bond acceptors (Lipinski definition) is 4. The molecule has 1 atom stereocenters. The number of carbonyl (C=O) groups is 1. The molecular formula is C15H22ClN3O3. The van der Waals surface area contributed by atoms with Crippen molar-refractivity contribution in [1.82, 2.24) is 4.90 Å². The molecule has 1 aromatic rings. The maximum atomic E-state index is 12.7. The highest BCUT2D eigenvalue weighted by Crippen LogP contribution is 2.26. The van der Waals surface area contributed by atoms with Gasteiger partial charge in [-0.05, 0) is 44.2 Å². The lowest BCUT2D eigenvalue weighted by Gasteiger charge is -2.32. The molecule has 0 aromatic heterocycles. The van der Waals surface area contributed by atoms with Gasteiger partial charge in [0.15, 0.2) is 0 Å². The van der Waals surface area contributed by atoms with Crippen LogP contribution in [0.25, 0.3) is 0 Å². The fourth-order valence-corrected chi connectivity index (χ4v) is 2.96. The Hall–Kier alpha value is -1.66. The average molecular weight is 328 g/mol. The van der Waals surface area contributed by atoms with Crippen LogP contribution in [0.5, 0.6) is 0 Å². The Morgan fingerprint density at radius 3 is 2.86 bits per heavy atom. The number of benzene rings is 1. The molecular weight excluding hydrogens is 306 g/mol. The Labute approximate surface area is 136 Å². The van der Waals surface area contributed by atoms with E-state index in [1.54, 1.807) is 24.0 Å². The molecule has 0 saturated carbocycles. The molecule has 0 aliphatic carbocycles. The van der Waals surface area contributed by atoms with Gasteiger partial charge in [-0.15, -0.1) is 12.4 Å². The number of likely N-dealkylation sites (tertiary alicyclic amines) is 1. The highest BCUT2D eigenvalue weighted by molar-refractivity contribution is 5.99. The maximum Gasteiger partial charge on any atom is 0.282 e. The number of nitrogens with two attached hydrogens (primary N) is 1. The van der Waals surface area contributed by atoms with Gasteiger partial charge in [-0.25, -0.2) is 0 Å². The second kappa shape index (κ2) is 8.10. The molecule has 2 rings (SSSR count). The lowest BCUT2D eigenvalue weighted by Crippen LogP contribution is -2.40. The molecule has 1 amide bonds. The Bertz CT molecular complexity index is 549. The number of amides is 1. The Kier molecular flexibility index (Phi) is 6.77. The van der Waals surface area contributed by atoms with Gasteiger partial charge in [0.2, 0.25) is 0 Å². The van der Waals surface area contributed by atoms with Crippen LogP contribution in [0.1, 0.15) is 35.2 Å². The molecule has 1 unspecified atom stereocenters. The number of nitro benzene ring substituents is 1. The van der Waals surface area contributed by atoms with Gasteiger partial charge in [0.05, 0.1) is 4.92 Å². The first kappa shape index (κ1) is 18.4. The molecule has 1 aromatic carbocycles. The van der Waals surface area contributed by atoms with E-state index < -0.39 is 4.92 Å². The Balaban J connectivity index is 0.00000242. The lowest BCUT2D eigenvalue weighted by molar-refractivity contribution is -0.385. The minimum Gasteiger partial charge on any atom is -0.338 e. The predicted octanol–water partition coefficient (Wildman–Crippen LogP) is 2.53. The zero-order valence-corrected chi connectivity index (χ0v) is 13.5. The normalized spacial score (nSPS) is 17.7. The van der Waals surface area contributed by atoms with Crippen molar-refractivity contribution in [3.05, 3.63) is 39.4 Å². The molecule has 0 bridgehead atoms. The number of hydrogen-bond donors (Lipinski definition) is 1. The zero-order valence-electron chi connectivity index (χ0n) is 12.7. The number of halogens is 1. The Morgan fingerprint density at radius 1 is 1.50 bits per heavy atom. The first-order valence-electron chi connectivity index (χ1n) is 7.28. The van der Waals surface area contributed by atoms with Gasteiger partial charge < -0.3 is 10.6 Å². The molecule has 7 heteroatoms. The standard InChI is InChI=1S/C15H21N3O3.ClH/c1-11-4-2-6-13(18(20)21)14(11)15(19)17-9-3-5-12(10-17)7-8-16;/h2,4,6,12H,3,5,7-10,16H2,1H3;1H. The minimum atomic E-state index is -0.485. The van der Waals surface area contributed by atoms with E-state index in [9.17, 15) is 14.9 Å². The summed E-state index contributed by atoms with van der Waals surface area (Å²) in [6, 6.07) is 4.74. The van der Waals surface area contributed by atoms with E-state index in [2.05, 4.69) is 0 Å². The first-order chi connectivity index (χ1) is 10.0. The van der Waals surface area contributed by atoms with Crippen LogP contribution in [0.4, 0.5) is 5.69 Å². The van der Waals surface area contributed by atoms with E-state index >= 15 is 0 Å². The topological polar surface area (TPSA) is 89.5 Å². The van der Waals surface area contributed by atoms with Crippen molar-refractivity contribution < 1.29 is 9.72 Å². The molecule has 1 aliphatic rings. The number of piperidine rings is 1. The number of aryl methyl sites for hydroxylation is 1. The molecule has 1 heterocycles. The number of nitrogens with zero attached hydrogens (tertiary/aromatic N) is 2. The molecule has 0 spiro atoms. The molecule has 1 saturated heterocycles. The fourth-order valence-electron chi connectivity index (χ4n) is 2.96. The second-order valence-corrected chi connectivity index (χ2v) is 5.56. The summed E-state index contributed by atoms with van der Waals surface area (Å²) in [5.41, 5.74) is 6.34. The first-order valence-corrected chi connectivity index (χ1v) is 7.28. The smallest absolute Gasteiger partial charge is 0.282 e. The van der Waals surface area contributed by atoms with Crippen molar-refractivity contribution in [2.75, 3.05) is 19.6 Å². The van der Waals surface area contributed by atoms with Crippen LogP contribution in [0.3, 0.4) is 0 Å². The van der Waals surface area contributed by atoms with Crippen LogP contribution < -0.4 is 5.73 Å². The van der Waals surface area contributed by atoms with Gasteiger partial charge in [-0.2, -0.15) is 0 Å². The fraction of sp³-hybridized carbons (Fsp3) is 0.533. The van der Waals surface area contributed by atoms with Crippen molar-refractivity contribution in [3.63, 3.8) is 0 Å². The van der Waals surface area contributed by atoms with E-state index in [0.717, 1.165) is 19.3 Å². The van der Waals surface area contributed by atoms with Crippen molar-refractivity contribution in [2.45, 2.75) is 26.2 Å². The van der Waals surface area contributed by atoms with E-state index in [-0.39, 0.29) is 29.6 Å². The van der Waals surface area contributed by atoms with Crippen molar-refractivity contribution >= 4 is 24.0 Å². The van der Waals surface area contributed by atoms with Gasteiger partial charge in [-0.3, -0.25) is 14.9 Å². The van der Waals surface area contributed by atoms with E-state index in [4.69, 9.17) is 5.73 Å². The third kappa shape index (κ3) is 3.96. The lowest BCUT2D eigenvalue weighted by atomic mass is 9.94. The highest BCUT2D eigenvalue weighted by Gasteiger charge is 2.29. The van der Waals surface area contributed by atoms with Crippen LogP contribution in [0, 0.1) is 23.0 Å². The van der Waals surface area contributed by atoms with Gasteiger partial charge >= 0.3 is 0 Å². The summed E-state index contributed by atoms with van der Waals surface area (Å²) in [5, 5.41) is 11.1. The quantitative estimate of drug-likeness (QED) is 0.679. The minimum absolute atomic E-state index is 0. The molecule has 22 heavy (non-hydrogen) atoms. The van der Waals surface area contributed by atoms with Crippen molar-refractivity contribution in [1.29, 1.82) is 0 Å². The summed E-state index contributed by atoms with van der Waals surface area (Å²) in [5.74, 6) is 0.164.